The Morgan fingerprint density at radius 1 is 1.39 bits per heavy atom. The van der Waals surface area contributed by atoms with E-state index in [0.29, 0.717) is 21.6 Å². The monoisotopic (exact) mass is 372 g/mol. The van der Waals surface area contributed by atoms with Gasteiger partial charge in [0.1, 0.15) is 0 Å². The first-order valence-corrected chi connectivity index (χ1v) is 6.67. The molecule has 0 atom stereocenters. The molecule has 0 bridgehead atoms. The number of rotatable bonds is 2. The van der Waals surface area contributed by atoms with Crippen LogP contribution < -0.4 is 11.1 Å². The zero-order valence-electron chi connectivity index (χ0n) is 9.46. The predicted molar refractivity (Wildman–Crippen MR) is 77.7 cm³/mol. The maximum absolute atomic E-state index is 12.0. The van der Waals surface area contributed by atoms with Crippen molar-refractivity contribution in [3.63, 3.8) is 0 Å². The molecular formula is C12H10Br2N2O2. The molecule has 2 rings (SSSR count). The molecule has 0 saturated carbocycles. The minimum atomic E-state index is -0.271. The summed E-state index contributed by atoms with van der Waals surface area (Å²) in [5, 5.41) is 2.77. The Bertz CT molecular complexity index is 585. The van der Waals surface area contributed by atoms with Crippen LogP contribution in [0.15, 0.2) is 38.0 Å². The summed E-state index contributed by atoms with van der Waals surface area (Å²) in [6, 6.07) is 5.22. The van der Waals surface area contributed by atoms with Gasteiger partial charge in [0, 0.05) is 4.47 Å². The second-order valence-corrected chi connectivity index (χ2v) is 5.38. The minimum Gasteiger partial charge on any atom is -0.457 e. The summed E-state index contributed by atoms with van der Waals surface area (Å²) in [5.41, 5.74) is 8.31. The molecule has 0 aliphatic rings. The molecule has 0 fully saturated rings. The average molecular weight is 374 g/mol. The molecule has 0 saturated heterocycles. The molecule has 1 heterocycles. The molecule has 1 amide bonds. The van der Waals surface area contributed by atoms with Crippen LogP contribution in [0.4, 0.5) is 11.4 Å². The van der Waals surface area contributed by atoms with Crippen molar-refractivity contribution >= 4 is 49.1 Å². The first-order valence-electron chi connectivity index (χ1n) is 5.09. The van der Waals surface area contributed by atoms with Gasteiger partial charge in [-0.15, -0.1) is 0 Å². The van der Waals surface area contributed by atoms with Crippen LogP contribution in [0.2, 0.25) is 0 Å². The fourth-order valence-corrected chi connectivity index (χ4v) is 2.59. The molecule has 1 aromatic carbocycles. The van der Waals surface area contributed by atoms with Crippen LogP contribution in [0.25, 0.3) is 0 Å². The van der Waals surface area contributed by atoms with E-state index in [2.05, 4.69) is 37.2 Å². The van der Waals surface area contributed by atoms with Gasteiger partial charge in [-0.2, -0.15) is 0 Å². The summed E-state index contributed by atoms with van der Waals surface area (Å²) in [7, 11) is 0. The van der Waals surface area contributed by atoms with Gasteiger partial charge in [0.05, 0.1) is 23.2 Å². The molecule has 0 aliphatic carbocycles. The zero-order valence-corrected chi connectivity index (χ0v) is 12.6. The average Bonchev–Trinajstić information content (AvgIpc) is 2.69. The lowest BCUT2D eigenvalue weighted by Crippen LogP contribution is -2.14. The molecule has 0 radical (unpaired) electrons. The highest BCUT2D eigenvalue weighted by molar-refractivity contribution is 9.10. The van der Waals surface area contributed by atoms with Crippen molar-refractivity contribution in [2.75, 3.05) is 11.1 Å². The molecule has 18 heavy (non-hydrogen) atoms. The number of hydrogen-bond donors (Lipinski definition) is 2. The summed E-state index contributed by atoms with van der Waals surface area (Å²) in [5.74, 6) is -0.271. The molecule has 1 aromatic heterocycles. The molecule has 4 nitrogen and oxygen atoms in total. The highest BCUT2D eigenvalue weighted by Crippen LogP contribution is 2.29. The Morgan fingerprint density at radius 2 is 2.11 bits per heavy atom. The van der Waals surface area contributed by atoms with E-state index in [1.807, 2.05) is 13.0 Å². The quantitative estimate of drug-likeness (QED) is 0.783. The van der Waals surface area contributed by atoms with Gasteiger partial charge < -0.3 is 15.5 Å². The predicted octanol–water partition coefficient (Wildman–Crippen LogP) is 3.95. The van der Waals surface area contributed by atoms with Crippen LogP contribution in [-0.2, 0) is 0 Å². The zero-order chi connectivity index (χ0) is 13.3. The van der Waals surface area contributed by atoms with E-state index in [0.717, 1.165) is 10.0 Å². The Hall–Kier alpha value is -1.27. The number of nitrogens with one attached hydrogen (secondary N) is 1. The number of nitrogens with two attached hydrogens (primary N) is 1. The molecule has 3 N–H and O–H groups in total. The van der Waals surface area contributed by atoms with E-state index in [-0.39, 0.29) is 5.91 Å². The molecule has 2 aromatic rings. The van der Waals surface area contributed by atoms with Crippen LogP contribution >= 0.6 is 31.9 Å². The summed E-state index contributed by atoms with van der Waals surface area (Å²) >= 11 is 6.51. The Labute approximate surface area is 121 Å². The molecule has 6 heteroatoms. The lowest BCUT2D eigenvalue weighted by Gasteiger charge is -2.11. The SMILES string of the molecule is Cc1cc(Br)cc(N)c1NC(=O)c1ccoc1Br. The largest absolute Gasteiger partial charge is 0.457 e. The molecular weight excluding hydrogens is 364 g/mol. The van der Waals surface area contributed by atoms with Gasteiger partial charge in [-0.1, -0.05) is 15.9 Å². The van der Waals surface area contributed by atoms with E-state index in [1.165, 1.54) is 6.26 Å². The van der Waals surface area contributed by atoms with Gasteiger partial charge in [0.2, 0.25) is 0 Å². The van der Waals surface area contributed by atoms with Crippen molar-refractivity contribution < 1.29 is 9.21 Å². The standard InChI is InChI=1S/C12H10Br2N2O2/c1-6-4-7(13)5-9(15)10(6)16-12(17)8-2-3-18-11(8)14/h2-5H,15H2,1H3,(H,16,17). The Kier molecular flexibility index (Phi) is 3.77. The van der Waals surface area contributed by atoms with Crippen LogP contribution in [0.1, 0.15) is 15.9 Å². The van der Waals surface area contributed by atoms with Crippen LogP contribution in [0.3, 0.4) is 0 Å². The van der Waals surface area contributed by atoms with Gasteiger partial charge in [-0.05, 0) is 46.6 Å². The fraction of sp³-hybridized carbons (Fsp3) is 0.0833. The number of nitrogen functional groups attached to an aromatic ring is 1. The van der Waals surface area contributed by atoms with Gasteiger partial charge in [-0.25, -0.2) is 0 Å². The normalized spacial score (nSPS) is 10.4. The first-order chi connectivity index (χ1) is 8.49. The molecule has 0 unspecified atom stereocenters. The van der Waals surface area contributed by atoms with Crippen molar-refractivity contribution in [1.29, 1.82) is 0 Å². The Morgan fingerprint density at radius 3 is 2.67 bits per heavy atom. The van der Waals surface area contributed by atoms with Crippen molar-refractivity contribution in [2.45, 2.75) is 6.92 Å². The lowest BCUT2D eigenvalue weighted by atomic mass is 10.1. The van der Waals surface area contributed by atoms with Gasteiger partial charge in [0.25, 0.3) is 5.91 Å². The number of halogens is 2. The number of aryl methyl sites for hydroxylation is 1. The summed E-state index contributed by atoms with van der Waals surface area (Å²) in [6.07, 6.45) is 1.44. The van der Waals surface area contributed by atoms with Crippen molar-refractivity contribution in [1.82, 2.24) is 0 Å². The van der Waals surface area contributed by atoms with Crippen molar-refractivity contribution in [3.8, 4) is 0 Å². The van der Waals surface area contributed by atoms with E-state index in [1.54, 1.807) is 12.1 Å². The second-order valence-electron chi connectivity index (χ2n) is 3.75. The summed E-state index contributed by atoms with van der Waals surface area (Å²) in [6.45, 7) is 1.88. The highest BCUT2D eigenvalue weighted by Gasteiger charge is 2.15. The maximum Gasteiger partial charge on any atom is 0.260 e. The molecule has 94 valence electrons. The van der Waals surface area contributed by atoms with Crippen LogP contribution in [-0.4, -0.2) is 5.91 Å². The second kappa shape index (κ2) is 5.16. The summed E-state index contributed by atoms with van der Waals surface area (Å²) in [4.78, 5) is 12.0. The van der Waals surface area contributed by atoms with Crippen LogP contribution in [0.5, 0.6) is 0 Å². The van der Waals surface area contributed by atoms with Crippen molar-refractivity contribution in [2.24, 2.45) is 0 Å². The van der Waals surface area contributed by atoms with E-state index >= 15 is 0 Å². The lowest BCUT2D eigenvalue weighted by molar-refractivity contribution is 0.102. The number of anilines is 2. The van der Waals surface area contributed by atoms with E-state index in [9.17, 15) is 4.79 Å². The topological polar surface area (TPSA) is 68.3 Å². The number of furan rings is 1. The van der Waals surface area contributed by atoms with E-state index < -0.39 is 0 Å². The number of hydrogen-bond acceptors (Lipinski definition) is 3. The van der Waals surface area contributed by atoms with Gasteiger partial charge in [-0.3, -0.25) is 4.79 Å². The number of carbonyl (C=O) groups excluding carboxylic acids is 1. The van der Waals surface area contributed by atoms with Gasteiger partial charge >= 0.3 is 0 Å². The third-order valence-electron chi connectivity index (χ3n) is 2.43. The maximum atomic E-state index is 12.0. The number of carbonyl (C=O) groups is 1. The van der Waals surface area contributed by atoms with Gasteiger partial charge in [0.15, 0.2) is 4.67 Å². The fourth-order valence-electron chi connectivity index (χ4n) is 1.58. The number of benzene rings is 1. The third kappa shape index (κ3) is 2.59. The van der Waals surface area contributed by atoms with Crippen molar-refractivity contribution in [3.05, 3.63) is 44.7 Å². The number of amides is 1. The minimum absolute atomic E-state index is 0.271. The first kappa shape index (κ1) is 13.2. The van der Waals surface area contributed by atoms with E-state index in [4.69, 9.17) is 10.2 Å². The van der Waals surface area contributed by atoms with Crippen LogP contribution in [0, 0.1) is 6.92 Å². The smallest absolute Gasteiger partial charge is 0.260 e. The molecule has 0 aliphatic heterocycles. The third-order valence-corrected chi connectivity index (χ3v) is 3.50. The Balaban J connectivity index is 2.31. The summed E-state index contributed by atoms with van der Waals surface area (Å²) < 4.78 is 6.29. The molecule has 0 spiro atoms. The highest BCUT2D eigenvalue weighted by atomic mass is 79.9.